The number of fused-ring (bicyclic) bond motifs is 3. The Labute approximate surface area is 642 Å². The van der Waals surface area contributed by atoms with Gasteiger partial charge in [-0.1, -0.05) is 73.0 Å². The number of rotatable bonds is 14. The van der Waals surface area contributed by atoms with E-state index in [2.05, 4.69) is 16.0 Å². The number of hydrogen-bond donors (Lipinski definition) is 3. The Morgan fingerprint density at radius 1 is 0.673 bits per heavy atom. The second-order valence-corrected chi connectivity index (χ2v) is 33.5. The van der Waals surface area contributed by atoms with Gasteiger partial charge in [-0.25, -0.2) is 8.78 Å². The van der Waals surface area contributed by atoms with E-state index >= 15 is 28.8 Å². The third-order valence-electron chi connectivity index (χ3n) is 24.7. The number of nitrogens with one attached hydrogen (secondary N) is 3. The van der Waals surface area contributed by atoms with Crippen LogP contribution in [0.2, 0.25) is 0 Å². The van der Waals surface area contributed by atoms with Crippen molar-refractivity contribution in [1.29, 1.82) is 0 Å². The molecule has 0 aromatic heterocycles. The Morgan fingerprint density at radius 2 is 1.30 bits per heavy atom. The molecular formula is C77H120F8N12O13. The highest BCUT2D eigenvalue weighted by atomic mass is 19.4. The summed E-state index contributed by atoms with van der Waals surface area (Å²) in [7, 11) is 10.2. The molecule has 0 aromatic rings. The van der Waals surface area contributed by atoms with Gasteiger partial charge in [0.2, 0.25) is 77.3 Å². The van der Waals surface area contributed by atoms with Gasteiger partial charge in [0.1, 0.15) is 53.9 Å². The first-order valence-electron chi connectivity index (χ1n) is 39.3. The fourth-order valence-electron chi connectivity index (χ4n) is 18.2. The zero-order valence-electron chi connectivity index (χ0n) is 66.6. The molecule has 33 heteroatoms. The molecule has 12 amide bonds. The van der Waals surface area contributed by atoms with Crippen LogP contribution in [0.15, 0.2) is 12.2 Å². The highest BCUT2D eigenvalue weighted by Gasteiger charge is 2.60. The standard InChI is InChI=1S/C77H120F8N12O13/c1-15-33-89(7)68(104)56-39-61(99)93(11)54(38-59(78)79)65(101)87-63(46(4)16-2)71(107)91(9)42-62(100)92(10)53-24-18-17-21-34-96(70(53)106)57(36-47-25-29-50(30-26-47)76(80,81)82)69(105)90(8)41-60(98)86-52(32-28-48-27-31-51(77(83,84)85)58(37-48)110-14)67(103)97-40-45(3)35-55(97)66(102)88-75(43-74(5,6)44-75)73(109)95(13)64(72(108)94(56)12)49-22-19-20-23-49/h17-18,45-59,63-64H,15-16,19-44H2,1-14H3,(H,86,98)(H,87,101)(H,88,102)/b18-17-/t45-,46-,47?,48?,50?,51?,52-,53-,54-,55-,56-,57-,58?,63-,64-/m0/s1. The minimum absolute atomic E-state index is 0.00873. The first-order valence-corrected chi connectivity index (χ1v) is 39.3. The first kappa shape index (κ1) is 90.0. The molecule has 110 heavy (non-hydrogen) atoms. The van der Waals surface area contributed by atoms with Crippen molar-refractivity contribution in [2.24, 2.45) is 46.8 Å². The molecule has 13 atom stereocenters. The fraction of sp³-hybridized carbons (Fsp3) is 0.818. The van der Waals surface area contributed by atoms with Gasteiger partial charge < -0.3 is 64.8 Å². The molecule has 3 aliphatic heterocycles. The molecule has 3 unspecified atom stereocenters. The molecule has 3 N–H and O–H groups in total. The Kier molecular flexibility index (Phi) is 31.1. The molecule has 2 bridgehead atoms. The van der Waals surface area contributed by atoms with E-state index in [1.54, 1.807) is 39.8 Å². The third kappa shape index (κ3) is 22.0. The van der Waals surface area contributed by atoms with E-state index in [4.69, 9.17) is 4.74 Å². The van der Waals surface area contributed by atoms with Crippen LogP contribution >= 0.6 is 0 Å². The van der Waals surface area contributed by atoms with Crippen LogP contribution in [0.1, 0.15) is 189 Å². The van der Waals surface area contributed by atoms with Gasteiger partial charge in [0.05, 0.1) is 37.5 Å². The first-order chi connectivity index (χ1) is 51.4. The van der Waals surface area contributed by atoms with Gasteiger partial charge in [-0.05, 0) is 151 Å². The highest BCUT2D eigenvalue weighted by molar-refractivity contribution is 6.01. The number of carbonyl (C=O) groups excluding carboxylic acids is 12. The Hall–Kier alpha value is -7.22. The number of nitrogens with zero attached hydrogens (tertiary/aromatic N) is 9. The van der Waals surface area contributed by atoms with Crippen LogP contribution in [-0.2, 0) is 62.3 Å². The van der Waals surface area contributed by atoms with Crippen molar-refractivity contribution in [3.8, 4) is 0 Å². The Morgan fingerprint density at radius 3 is 1.88 bits per heavy atom. The van der Waals surface area contributed by atoms with Crippen molar-refractivity contribution in [2.45, 2.75) is 268 Å². The maximum Gasteiger partial charge on any atom is 0.394 e. The van der Waals surface area contributed by atoms with Gasteiger partial charge in [0.25, 0.3) is 0 Å². The van der Waals surface area contributed by atoms with E-state index in [-0.39, 0.29) is 128 Å². The van der Waals surface area contributed by atoms with Crippen molar-refractivity contribution in [1.82, 2.24) is 60.0 Å². The van der Waals surface area contributed by atoms with Crippen molar-refractivity contribution < 1.29 is 97.4 Å². The lowest BCUT2D eigenvalue weighted by atomic mass is 9.58. The largest absolute Gasteiger partial charge is 0.394 e. The van der Waals surface area contributed by atoms with Gasteiger partial charge in [-0.15, -0.1) is 0 Å². The van der Waals surface area contributed by atoms with Crippen molar-refractivity contribution in [2.75, 3.05) is 89.2 Å². The average Bonchev–Trinajstić information content (AvgIpc) is 0.919. The second-order valence-electron chi connectivity index (χ2n) is 33.5. The number of carbonyl (C=O) groups is 12. The lowest BCUT2D eigenvalue weighted by molar-refractivity contribution is -0.215. The summed E-state index contributed by atoms with van der Waals surface area (Å²) in [6, 6.07) is -12.2. The van der Waals surface area contributed by atoms with Crippen molar-refractivity contribution in [3.05, 3.63) is 12.2 Å². The SMILES string of the molecule is CCCN(C)C(=O)[C@@H]1CC(=O)N(C)[C@@H](CC(F)F)C(=O)N[C@@H]([C@@H](C)CC)C(=O)N(C)CC(=O)N(C)[C@H]2C/C=C\CCN(C2=O)[C@@H](CC2CCC(C(F)(F)F)CC2)C(=O)N(C)CC(=O)N[C@@H](CCC2CCC(C(F)(F)F)C(OC)C2)C(=O)N2C[C@@H](C)C[C@H]2C(=O)NC2(CC(C)(C)C2)C(=O)N(C)[C@@H](C2CCCC2)C(=O)N1C. The van der Waals surface area contributed by atoms with E-state index in [1.807, 2.05) is 13.8 Å². The van der Waals surface area contributed by atoms with E-state index in [9.17, 15) is 63.9 Å². The summed E-state index contributed by atoms with van der Waals surface area (Å²) in [5, 5.41) is 8.37. The molecule has 6 fully saturated rings. The van der Waals surface area contributed by atoms with E-state index in [0.717, 1.165) is 31.5 Å². The maximum atomic E-state index is 15.8. The number of likely N-dealkylation sites (N-methyl/N-ethyl adjacent to an activating group) is 7. The smallest absolute Gasteiger partial charge is 0.381 e. The molecule has 7 rings (SSSR count). The summed E-state index contributed by atoms with van der Waals surface area (Å²) in [6.07, 6.45) is -10.4. The molecule has 0 aromatic carbocycles. The molecule has 0 radical (unpaired) electrons. The maximum absolute atomic E-state index is 15.8. The minimum Gasteiger partial charge on any atom is -0.381 e. The lowest BCUT2D eigenvalue weighted by Crippen LogP contribution is -2.71. The van der Waals surface area contributed by atoms with Gasteiger partial charge in [-0.3, -0.25) is 57.5 Å². The van der Waals surface area contributed by atoms with Crippen LogP contribution in [0.5, 0.6) is 0 Å². The zero-order chi connectivity index (χ0) is 82.0. The number of halogens is 8. The van der Waals surface area contributed by atoms with E-state index in [0.29, 0.717) is 32.1 Å². The number of ether oxygens (including phenoxy) is 1. The highest BCUT2D eigenvalue weighted by Crippen LogP contribution is 2.50. The number of amides is 12. The zero-order valence-corrected chi connectivity index (χ0v) is 66.6. The molecular weight excluding hydrogens is 1450 g/mol. The van der Waals surface area contributed by atoms with Crippen LogP contribution in [0.25, 0.3) is 0 Å². The van der Waals surface area contributed by atoms with Crippen LogP contribution in [-0.4, -0.2) is 283 Å². The van der Waals surface area contributed by atoms with Crippen LogP contribution in [0.4, 0.5) is 35.1 Å². The van der Waals surface area contributed by atoms with Crippen molar-refractivity contribution >= 4 is 70.9 Å². The normalized spacial score (nSPS) is 31.4. The van der Waals surface area contributed by atoms with Gasteiger partial charge in [0.15, 0.2) is 0 Å². The molecule has 4 aliphatic carbocycles. The van der Waals surface area contributed by atoms with Gasteiger partial charge >= 0.3 is 12.4 Å². The predicted octanol–water partition coefficient (Wildman–Crippen LogP) is 7.34. The molecule has 2 saturated heterocycles. The van der Waals surface area contributed by atoms with Crippen LogP contribution in [0, 0.1) is 46.8 Å². The number of methoxy groups -OCH3 is 1. The Balaban J connectivity index is 1.34. The van der Waals surface area contributed by atoms with Crippen LogP contribution < -0.4 is 16.0 Å². The summed E-state index contributed by atoms with van der Waals surface area (Å²) in [4.78, 5) is 192. The van der Waals surface area contributed by atoms with Gasteiger partial charge in [0, 0.05) is 82.5 Å². The topological polar surface area (TPSA) is 279 Å². The van der Waals surface area contributed by atoms with Crippen molar-refractivity contribution in [3.63, 3.8) is 0 Å². The monoisotopic (exact) mass is 1570 g/mol. The quantitative estimate of drug-likeness (QED) is 0.114. The van der Waals surface area contributed by atoms with E-state index < -0.39 is 216 Å². The number of alkyl halides is 8. The third-order valence-corrected chi connectivity index (χ3v) is 24.7. The molecule has 25 nitrogen and oxygen atoms in total. The summed E-state index contributed by atoms with van der Waals surface area (Å²) in [6.45, 7) is 9.00. The Bertz CT molecular complexity index is 3310. The molecule has 7 aliphatic rings. The average molecular weight is 1570 g/mol. The molecule has 622 valence electrons. The number of hydrogen-bond acceptors (Lipinski definition) is 13. The minimum atomic E-state index is -4.57. The fourth-order valence-corrected chi connectivity index (χ4v) is 18.2. The van der Waals surface area contributed by atoms with Gasteiger partial charge in [-0.2, -0.15) is 26.3 Å². The second kappa shape index (κ2) is 38.1. The molecule has 1 spiro atoms. The summed E-state index contributed by atoms with van der Waals surface area (Å²) in [5.74, 6) is -16.2. The molecule has 3 heterocycles. The summed E-state index contributed by atoms with van der Waals surface area (Å²) < 4.78 is 120. The van der Waals surface area contributed by atoms with E-state index in [1.165, 1.54) is 69.0 Å². The lowest BCUT2D eigenvalue weighted by Gasteiger charge is -2.54. The molecule has 4 saturated carbocycles. The summed E-state index contributed by atoms with van der Waals surface area (Å²) in [5.41, 5.74) is -2.31. The summed E-state index contributed by atoms with van der Waals surface area (Å²) >= 11 is 0. The van der Waals surface area contributed by atoms with Crippen LogP contribution in [0.3, 0.4) is 0 Å². The predicted molar refractivity (Wildman–Crippen MR) is 390 cm³/mol.